The van der Waals surface area contributed by atoms with Gasteiger partial charge in [-0.05, 0) is 6.07 Å². The lowest BCUT2D eigenvalue weighted by molar-refractivity contribution is -0.384. The van der Waals surface area contributed by atoms with E-state index in [0.717, 1.165) is 18.2 Å². The minimum absolute atomic E-state index is 0.0347. The SMILES string of the molecule is N#Cc1cc([N+](=O)[O-])ccc1Nc1c(F)cc(F)cc1F. The lowest BCUT2D eigenvalue weighted by Crippen LogP contribution is -2.01. The van der Waals surface area contributed by atoms with Crippen LogP contribution < -0.4 is 5.32 Å². The predicted octanol–water partition coefficient (Wildman–Crippen LogP) is 3.63. The first-order valence-corrected chi connectivity index (χ1v) is 5.52. The van der Waals surface area contributed by atoms with E-state index < -0.39 is 28.1 Å². The Morgan fingerprint density at radius 2 is 1.76 bits per heavy atom. The van der Waals surface area contributed by atoms with E-state index in [-0.39, 0.29) is 16.9 Å². The van der Waals surface area contributed by atoms with Crippen molar-refractivity contribution in [1.29, 1.82) is 5.26 Å². The molecule has 0 aromatic heterocycles. The Kier molecular flexibility index (Phi) is 3.75. The van der Waals surface area contributed by atoms with Gasteiger partial charge >= 0.3 is 0 Å². The van der Waals surface area contributed by atoms with Crippen molar-refractivity contribution in [2.45, 2.75) is 0 Å². The average molecular weight is 293 g/mol. The van der Waals surface area contributed by atoms with E-state index in [4.69, 9.17) is 5.26 Å². The number of non-ortho nitro benzene ring substituents is 1. The second-order valence-corrected chi connectivity index (χ2v) is 3.97. The standard InChI is InChI=1S/C13H6F3N3O2/c14-8-4-10(15)13(11(16)5-8)18-12-2-1-9(19(20)21)3-7(12)6-17/h1-5,18H. The summed E-state index contributed by atoms with van der Waals surface area (Å²) >= 11 is 0. The lowest BCUT2D eigenvalue weighted by atomic mass is 10.1. The normalized spacial score (nSPS) is 10.0. The molecule has 21 heavy (non-hydrogen) atoms. The Bertz CT molecular complexity index is 749. The van der Waals surface area contributed by atoms with Gasteiger partial charge in [-0.2, -0.15) is 5.26 Å². The quantitative estimate of drug-likeness (QED) is 0.692. The Morgan fingerprint density at radius 1 is 1.14 bits per heavy atom. The second-order valence-electron chi connectivity index (χ2n) is 3.97. The van der Waals surface area contributed by atoms with Crippen LogP contribution in [0.5, 0.6) is 0 Å². The third-order valence-electron chi connectivity index (χ3n) is 2.60. The van der Waals surface area contributed by atoms with Gasteiger partial charge in [-0.25, -0.2) is 13.2 Å². The molecule has 5 nitrogen and oxygen atoms in total. The highest BCUT2D eigenvalue weighted by molar-refractivity contribution is 5.69. The molecule has 106 valence electrons. The first-order chi connectivity index (χ1) is 9.92. The van der Waals surface area contributed by atoms with Crippen LogP contribution in [0.3, 0.4) is 0 Å². The van der Waals surface area contributed by atoms with Crippen LogP contribution in [0.4, 0.5) is 30.2 Å². The van der Waals surface area contributed by atoms with E-state index in [1.54, 1.807) is 6.07 Å². The van der Waals surface area contributed by atoms with Gasteiger partial charge < -0.3 is 5.32 Å². The Labute approximate surface area is 116 Å². The van der Waals surface area contributed by atoms with Crippen LogP contribution in [-0.4, -0.2) is 4.92 Å². The van der Waals surface area contributed by atoms with Crippen LogP contribution in [0.15, 0.2) is 30.3 Å². The van der Waals surface area contributed by atoms with Gasteiger partial charge in [0.2, 0.25) is 0 Å². The van der Waals surface area contributed by atoms with E-state index in [1.165, 1.54) is 0 Å². The summed E-state index contributed by atoms with van der Waals surface area (Å²) < 4.78 is 39.8. The van der Waals surface area contributed by atoms with E-state index in [2.05, 4.69) is 5.32 Å². The molecule has 0 saturated heterocycles. The maximum atomic E-state index is 13.5. The maximum absolute atomic E-state index is 13.5. The minimum Gasteiger partial charge on any atom is -0.350 e. The number of nitro benzene ring substituents is 1. The lowest BCUT2D eigenvalue weighted by Gasteiger charge is -2.10. The zero-order valence-corrected chi connectivity index (χ0v) is 10.2. The van der Waals surface area contributed by atoms with E-state index in [1.807, 2.05) is 0 Å². The van der Waals surface area contributed by atoms with Crippen LogP contribution >= 0.6 is 0 Å². The number of benzene rings is 2. The summed E-state index contributed by atoms with van der Waals surface area (Å²) in [6.45, 7) is 0. The van der Waals surface area contributed by atoms with Gasteiger partial charge in [0.15, 0.2) is 11.6 Å². The summed E-state index contributed by atoms with van der Waals surface area (Å²) in [5.41, 5.74) is -1.20. The first-order valence-electron chi connectivity index (χ1n) is 5.52. The molecule has 0 unspecified atom stereocenters. The molecule has 0 amide bonds. The molecule has 0 bridgehead atoms. The molecule has 0 aliphatic rings. The van der Waals surface area contributed by atoms with Crippen molar-refractivity contribution in [2.75, 3.05) is 5.32 Å². The van der Waals surface area contributed by atoms with Gasteiger partial charge in [0.1, 0.15) is 17.6 Å². The molecule has 0 radical (unpaired) electrons. The van der Waals surface area contributed by atoms with Crippen LogP contribution in [0.25, 0.3) is 0 Å². The number of nitrogens with one attached hydrogen (secondary N) is 1. The summed E-state index contributed by atoms with van der Waals surface area (Å²) in [7, 11) is 0. The van der Waals surface area contributed by atoms with Crippen LogP contribution in [0.2, 0.25) is 0 Å². The molecule has 0 spiro atoms. The van der Waals surface area contributed by atoms with Crippen LogP contribution in [0, 0.1) is 38.9 Å². The monoisotopic (exact) mass is 293 g/mol. The number of nitriles is 1. The Morgan fingerprint density at radius 3 is 2.29 bits per heavy atom. The largest absolute Gasteiger partial charge is 0.350 e. The van der Waals surface area contributed by atoms with Crippen molar-refractivity contribution < 1.29 is 18.1 Å². The summed E-state index contributed by atoms with van der Waals surface area (Å²) in [4.78, 5) is 9.89. The van der Waals surface area contributed by atoms with Crippen molar-refractivity contribution in [3.8, 4) is 6.07 Å². The van der Waals surface area contributed by atoms with Crippen molar-refractivity contribution in [3.05, 3.63) is 63.5 Å². The molecule has 0 aliphatic carbocycles. The molecule has 0 fully saturated rings. The number of halogens is 3. The van der Waals surface area contributed by atoms with Gasteiger partial charge in [0.25, 0.3) is 5.69 Å². The highest BCUT2D eigenvalue weighted by atomic mass is 19.1. The molecule has 2 aromatic carbocycles. The predicted molar refractivity (Wildman–Crippen MR) is 67.4 cm³/mol. The molecule has 0 saturated carbocycles. The zero-order chi connectivity index (χ0) is 15.6. The fraction of sp³-hybridized carbons (Fsp3) is 0. The zero-order valence-electron chi connectivity index (χ0n) is 10.2. The van der Waals surface area contributed by atoms with Gasteiger partial charge in [-0.15, -0.1) is 0 Å². The fourth-order valence-corrected chi connectivity index (χ4v) is 1.64. The number of hydrogen-bond donors (Lipinski definition) is 1. The van der Waals surface area contributed by atoms with Crippen molar-refractivity contribution in [3.63, 3.8) is 0 Å². The summed E-state index contributed by atoms with van der Waals surface area (Å²) in [5.74, 6) is -3.45. The third-order valence-corrected chi connectivity index (χ3v) is 2.60. The number of hydrogen-bond acceptors (Lipinski definition) is 4. The van der Waals surface area contributed by atoms with Gasteiger partial charge in [-0.1, -0.05) is 0 Å². The average Bonchev–Trinajstić information content (AvgIpc) is 2.42. The first kappa shape index (κ1) is 14.3. The van der Waals surface area contributed by atoms with E-state index >= 15 is 0 Å². The van der Waals surface area contributed by atoms with E-state index in [9.17, 15) is 23.3 Å². The van der Waals surface area contributed by atoms with Gasteiger partial charge in [0, 0.05) is 24.3 Å². The van der Waals surface area contributed by atoms with Crippen molar-refractivity contribution >= 4 is 17.1 Å². The molecule has 0 aliphatic heterocycles. The Hall–Kier alpha value is -3.08. The molecule has 2 aromatic rings. The summed E-state index contributed by atoms with van der Waals surface area (Å²) in [6.07, 6.45) is 0. The third kappa shape index (κ3) is 2.92. The highest BCUT2D eigenvalue weighted by Crippen LogP contribution is 2.28. The molecular weight excluding hydrogens is 287 g/mol. The summed E-state index contributed by atoms with van der Waals surface area (Å²) in [5, 5.41) is 21.8. The molecule has 0 atom stereocenters. The van der Waals surface area contributed by atoms with Crippen molar-refractivity contribution in [1.82, 2.24) is 0 Å². The molecule has 2 rings (SSSR count). The Balaban J connectivity index is 2.46. The van der Waals surface area contributed by atoms with E-state index in [0.29, 0.717) is 12.1 Å². The fourth-order valence-electron chi connectivity index (χ4n) is 1.64. The number of anilines is 2. The number of rotatable bonds is 3. The van der Waals surface area contributed by atoms with Crippen LogP contribution in [-0.2, 0) is 0 Å². The van der Waals surface area contributed by atoms with Gasteiger partial charge in [-0.3, -0.25) is 10.1 Å². The van der Waals surface area contributed by atoms with Gasteiger partial charge in [0.05, 0.1) is 16.2 Å². The topological polar surface area (TPSA) is 79.0 Å². The summed E-state index contributed by atoms with van der Waals surface area (Å²) in [6, 6.07) is 5.80. The smallest absolute Gasteiger partial charge is 0.270 e. The van der Waals surface area contributed by atoms with Crippen molar-refractivity contribution in [2.24, 2.45) is 0 Å². The minimum atomic E-state index is -1.19. The molecular formula is C13H6F3N3O2. The van der Waals surface area contributed by atoms with Crippen LogP contribution in [0.1, 0.15) is 5.56 Å². The maximum Gasteiger partial charge on any atom is 0.270 e. The second kappa shape index (κ2) is 5.50. The molecule has 8 heteroatoms. The molecule has 1 N–H and O–H groups in total. The number of nitrogens with zero attached hydrogens (tertiary/aromatic N) is 2. The highest BCUT2D eigenvalue weighted by Gasteiger charge is 2.15. The number of nitro groups is 1. The molecule has 0 heterocycles.